The molecule has 0 bridgehead atoms. The van der Waals surface area contributed by atoms with Crippen LogP contribution >= 0.6 is 0 Å². The Morgan fingerprint density at radius 1 is 1.12 bits per heavy atom. The van der Waals surface area contributed by atoms with E-state index >= 15 is 0 Å². The summed E-state index contributed by atoms with van der Waals surface area (Å²) >= 11 is 0. The molecule has 6 nitrogen and oxygen atoms in total. The van der Waals surface area contributed by atoms with Crippen LogP contribution in [0, 0.1) is 0 Å². The molecule has 1 aromatic rings. The number of primary amides is 1. The number of piperazine rings is 1. The van der Waals surface area contributed by atoms with Crippen LogP contribution < -0.4 is 10.6 Å². The van der Waals surface area contributed by atoms with Crippen LogP contribution in [0.25, 0.3) is 0 Å². The van der Waals surface area contributed by atoms with E-state index in [-0.39, 0.29) is 0 Å². The molecule has 6 heteroatoms. The summed E-state index contributed by atoms with van der Waals surface area (Å²) in [6.45, 7) is 11.4. The number of amides is 1. The molecule has 2 N–H and O–H groups in total. The van der Waals surface area contributed by atoms with Crippen LogP contribution in [0.3, 0.4) is 0 Å². The van der Waals surface area contributed by atoms with Crippen LogP contribution in [0.15, 0.2) is 18.3 Å². The fourth-order valence-electron chi connectivity index (χ4n) is 3.80. The van der Waals surface area contributed by atoms with E-state index in [4.69, 9.17) is 5.73 Å². The molecular weight excluding hydrogens is 302 g/mol. The topological polar surface area (TPSA) is 65.7 Å². The van der Waals surface area contributed by atoms with Gasteiger partial charge in [0.2, 0.25) is 5.91 Å². The molecule has 2 fully saturated rings. The molecule has 0 unspecified atom stereocenters. The van der Waals surface area contributed by atoms with Gasteiger partial charge < -0.3 is 10.6 Å². The SMILES string of the molecule is CC(C)N1CCN(C2CCN(c3ccc(C(N)=O)cn3)CC2)CC1. The summed E-state index contributed by atoms with van der Waals surface area (Å²) in [6.07, 6.45) is 3.94. The molecule has 0 radical (unpaired) electrons. The number of aromatic nitrogens is 1. The molecule has 2 aliphatic rings. The lowest BCUT2D eigenvalue weighted by Crippen LogP contribution is -2.54. The van der Waals surface area contributed by atoms with Gasteiger partial charge in [0.05, 0.1) is 5.56 Å². The Bertz CT molecular complexity index is 543. The largest absolute Gasteiger partial charge is 0.366 e. The van der Waals surface area contributed by atoms with E-state index in [0.29, 0.717) is 17.6 Å². The number of pyridine rings is 1. The highest BCUT2D eigenvalue weighted by Gasteiger charge is 2.28. The molecule has 3 heterocycles. The van der Waals surface area contributed by atoms with Crippen molar-refractivity contribution in [2.45, 2.75) is 38.8 Å². The van der Waals surface area contributed by atoms with E-state index in [9.17, 15) is 4.79 Å². The van der Waals surface area contributed by atoms with Gasteiger partial charge in [0.15, 0.2) is 0 Å². The molecule has 1 aromatic heterocycles. The normalized spacial score (nSPS) is 21.4. The molecule has 0 atom stereocenters. The van der Waals surface area contributed by atoms with Gasteiger partial charge in [-0.15, -0.1) is 0 Å². The van der Waals surface area contributed by atoms with E-state index in [1.807, 2.05) is 6.07 Å². The zero-order chi connectivity index (χ0) is 17.1. The maximum absolute atomic E-state index is 11.1. The van der Waals surface area contributed by atoms with E-state index in [0.717, 1.165) is 18.9 Å². The summed E-state index contributed by atoms with van der Waals surface area (Å²) in [5.74, 6) is 0.524. The van der Waals surface area contributed by atoms with Crippen LogP contribution in [-0.2, 0) is 0 Å². The average molecular weight is 331 g/mol. The van der Waals surface area contributed by atoms with Crippen molar-refractivity contribution >= 4 is 11.7 Å². The second kappa shape index (κ2) is 7.49. The van der Waals surface area contributed by atoms with Crippen molar-refractivity contribution in [1.29, 1.82) is 0 Å². The molecule has 24 heavy (non-hydrogen) atoms. The number of nitrogens with two attached hydrogens (primary N) is 1. The predicted octanol–water partition coefficient (Wildman–Crippen LogP) is 1.18. The maximum atomic E-state index is 11.1. The number of anilines is 1. The van der Waals surface area contributed by atoms with Gasteiger partial charge in [-0.25, -0.2) is 4.98 Å². The van der Waals surface area contributed by atoms with Crippen molar-refractivity contribution < 1.29 is 4.79 Å². The highest BCUT2D eigenvalue weighted by atomic mass is 16.1. The Morgan fingerprint density at radius 2 is 1.79 bits per heavy atom. The molecule has 0 saturated carbocycles. The number of piperidine rings is 1. The van der Waals surface area contributed by atoms with Crippen LogP contribution in [-0.4, -0.2) is 72.0 Å². The molecule has 1 amide bonds. The van der Waals surface area contributed by atoms with Crippen molar-refractivity contribution in [2.24, 2.45) is 5.73 Å². The zero-order valence-electron chi connectivity index (χ0n) is 14.8. The minimum Gasteiger partial charge on any atom is -0.366 e. The number of rotatable bonds is 4. The summed E-state index contributed by atoms with van der Waals surface area (Å²) in [7, 11) is 0. The van der Waals surface area contributed by atoms with Gasteiger partial charge in [0.1, 0.15) is 5.82 Å². The Balaban J connectivity index is 1.50. The average Bonchev–Trinajstić information content (AvgIpc) is 2.62. The van der Waals surface area contributed by atoms with Crippen molar-refractivity contribution in [3.63, 3.8) is 0 Å². The van der Waals surface area contributed by atoms with Gasteiger partial charge in [0.25, 0.3) is 0 Å². The van der Waals surface area contributed by atoms with Gasteiger partial charge in [-0.2, -0.15) is 0 Å². The minimum absolute atomic E-state index is 0.423. The Morgan fingerprint density at radius 3 is 2.29 bits per heavy atom. The van der Waals surface area contributed by atoms with Crippen molar-refractivity contribution in [3.05, 3.63) is 23.9 Å². The first-order valence-electron chi connectivity index (χ1n) is 9.03. The first-order valence-corrected chi connectivity index (χ1v) is 9.03. The smallest absolute Gasteiger partial charge is 0.250 e. The Labute approximate surface area is 144 Å². The highest BCUT2D eigenvalue weighted by molar-refractivity contribution is 5.92. The van der Waals surface area contributed by atoms with Crippen molar-refractivity contribution in [2.75, 3.05) is 44.2 Å². The number of carbonyl (C=O) groups is 1. The van der Waals surface area contributed by atoms with Crippen LogP contribution in [0.4, 0.5) is 5.82 Å². The van der Waals surface area contributed by atoms with E-state index in [2.05, 4.69) is 33.5 Å². The lowest BCUT2D eigenvalue weighted by Gasteiger charge is -2.44. The first kappa shape index (κ1) is 17.2. The molecule has 2 aliphatic heterocycles. The summed E-state index contributed by atoms with van der Waals surface area (Å²) in [4.78, 5) is 23.1. The maximum Gasteiger partial charge on any atom is 0.250 e. The number of hydrogen-bond donors (Lipinski definition) is 1. The first-order chi connectivity index (χ1) is 11.5. The minimum atomic E-state index is -0.423. The molecule has 2 saturated heterocycles. The van der Waals surface area contributed by atoms with Gasteiger partial charge in [-0.3, -0.25) is 14.6 Å². The summed E-state index contributed by atoms with van der Waals surface area (Å²) in [6, 6.07) is 5.02. The van der Waals surface area contributed by atoms with Gasteiger partial charge >= 0.3 is 0 Å². The van der Waals surface area contributed by atoms with Crippen molar-refractivity contribution in [1.82, 2.24) is 14.8 Å². The van der Waals surface area contributed by atoms with Gasteiger partial charge in [-0.1, -0.05) is 0 Å². The second-order valence-electron chi connectivity index (χ2n) is 7.15. The third-order valence-corrected chi connectivity index (χ3v) is 5.42. The standard InChI is InChI=1S/C18H29N5O/c1-14(2)21-9-11-22(12-10-21)16-5-7-23(8-6-16)17-4-3-15(13-20-17)18(19)24/h3-4,13-14,16H,5-12H2,1-2H3,(H2,19,24). The van der Waals surface area contributed by atoms with Crippen molar-refractivity contribution in [3.8, 4) is 0 Å². The van der Waals surface area contributed by atoms with Crippen LogP contribution in [0.2, 0.25) is 0 Å². The monoisotopic (exact) mass is 331 g/mol. The summed E-state index contributed by atoms with van der Waals surface area (Å²) in [5.41, 5.74) is 5.74. The Hall–Kier alpha value is -1.66. The van der Waals surface area contributed by atoms with Crippen LogP contribution in [0.5, 0.6) is 0 Å². The molecule has 0 spiro atoms. The summed E-state index contributed by atoms with van der Waals surface area (Å²) < 4.78 is 0. The number of nitrogens with zero attached hydrogens (tertiary/aromatic N) is 4. The fourth-order valence-corrected chi connectivity index (χ4v) is 3.80. The predicted molar refractivity (Wildman–Crippen MR) is 96.3 cm³/mol. The third-order valence-electron chi connectivity index (χ3n) is 5.42. The lowest BCUT2D eigenvalue weighted by molar-refractivity contribution is 0.0692. The van der Waals surface area contributed by atoms with Gasteiger partial charge in [-0.05, 0) is 38.8 Å². The molecule has 0 aliphatic carbocycles. The van der Waals surface area contributed by atoms with E-state index < -0.39 is 5.91 Å². The number of hydrogen-bond acceptors (Lipinski definition) is 5. The second-order valence-corrected chi connectivity index (χ2v) is 7.15. The third kappa shape index (κ3) is 3.87. The van der Waals surface area contributed by atoms with E-state index in [1.54, 1.807) is 12.3 Å². The van der Waals surface area contributed by atoms with Gasteiger partial charge in [0, 0.05) is 57.5 Å². The van der Waals surface area contributed by atoms with E-state index in [1.165, 1.54) is 39.0 Å². The molecular formula is C18H29N5O. The summed E-state index contributed by atoms with van der Waals surface area (Å²) in [5, 5.41) is 0. The number of carbonyl (C=O) groups excluding carboxylic acids is 1. The van der Waals surface area contributed by atoms with Crippen LogP contribution in [0.1, 0.15) is 37.0 Å². The lowest BCUT2D eigenvalue weighted by atomic mass is 10.0. The zero-order valence-corrected chi connectivity index (χ0v) is 14.8. The quantitative estimate of drug-likeness (QED) is 0.897. The highest BCUT2D eigenvalue weighted by Crippen LogP contribution is 2.22. The molecule has 0 aromatic carbocycles. The Kier molecular flexibility index (Phi) is 5.36. The molecule has 3 rings (SSSR count). The molecule has 132 valence electrons. The fraction of sp³-hybridized carbons (Fsp3) is 0.667.